The molecule has 0 aliphatic heterocycles. The third kappa shape index (κ3) is 4.38. The molecule has 0 unspecified atom stereocenters. The number of nitrogens with two attached hydrogens (primary N) is 1. The zero-order chi connectivity index (χ0) is 24.2. The van der Waals surface area contributed by atoms with E-state index in [1.54, 1.807) is 18.3 Å². The van der Waals surface area contributed by atoms with E-state index in [1.165, 1.54) is 12.1 Å². The highest BCUT2D eigenvalue weighted by molar-refractivity contribution is 5.96. The van der Waals surface area contributed by atoms with Crippen molar-refractivity contribution >= 4 is 23.2 Å². The molecular weight excluding hydrogens is 425 g/mol. The quantitative estimate of drug-likeness (QED) is 0.366. The predicted molar refractivity (Wildman–Crippen MR) is 138 cm³/mol. The second-order valence-corrected chi connectivity index (χ2v) is 7.76. The van der Waals surface area contributed by atoms with Crippen LogP contribution in [0.1, 0.15) is 13.8 Å². The molecule has 34 heavy (non-hydrogen) atoms. The van der Waals surface area contributed by atoms with Gasteiger partial charge in [0.1, 0.15) is 17.2 Å². The Bertz CT molecular complexity index is 1580. The maximum absolute atomic E-state index is 13.9. The van der Waals surface area contributed by atoms with Gasteiger partial charge < -0.3 is 10.7 Å². The average Bonchev–Trinajstić information content (AvgIpc) is 3.45. The van der Waals surface area contributed by atoms with Crippen molar-refractivity contribution in [2.75, 3.05) is 0 Å². The Kier molecular flexibility index (Phi) is 6.41. The number of aromatic nitrogens is 4. The number of allylic oxidation sites excluding steroid dienone is 5. The second kappa shape index (κ2) is 9.58. The summed E-state index contributed by atoms with van der Waals surface area (Å²) in [5, 5.41) is 10.3. The van der Waals surface area contributed by atoms with Gasteiger partial charge in [-0.25, -0.2) is 9.37 Å². The maximum Gasteiger partial charge on any atom is 0.138 e. The Morgan fingerprint density at radius 3 is 2.71 bits per heavy atom. The summed E-state index contributed by atoms with van der Waals surface area (Å²) in [6.45, 7) is 11.8. The molecule has 170 valence electrons. The summed E-state index contributed by atoms with van der Waals surface area (Å²) in [5.74, 6) is -0.282. The van der Waals surface area contributed by atoms with Gasteiger partial charge >= 0.3 is 0 Å². The second-order valence-electron chi connectivity index (χ2n) is 7.76. The number of hydrogen-bond donors (Lipinski definition) is 3. The van der Waals surface area contributed by atoms with Crippen LogP contribution in [0.15, 0.2) is 90.8 Å². The van der Waals surface area contributed by atoms with E-state index in [9.17, 15) is 4.39 Å². The summed E-state index contributed by atoms with van der Waals surface area (Å²) < 4.78 is 13.9. The van der Waals surface area contributed by atoms with E-state index in [-0.39, 0.29) is 5.82 Å². The highest BCUT2D eigenvalue weighted by atomic mass is 19.1. The number of pyridine rings is 1. The molecule has 0 bridgehead atoms. The van der Waals surface area contributed by atoms with Crippen LogP contribution in [0.4, 0.5) is 4.39 Å². The highest BCUT2D eigenvalue weighted by Gasteiger charge is 2.13. The van der Waals surface area contributed by atoms with Gasteiger partial charge in [0, 0.05) is 22.5 Å². The third-order valence-corrected chi connectivity index (χ3v) is 5.60. The molecular formula is C28H26FN5. The summed E-state index contributed by atoms with van der Waals surface area (Å²) in [4.78, 5) is 7.84. The molecule has 3 aromatic heterocycles. The topological polar surface area (TPSA) is 83.4 Å². The van der Waals surface area contributed by atoms with Crippen LogP contribution in [-0.2, 0) is 0 Å². The van der Waals surface area contributed by atoms with Gasteiger partial charge in [0.15, 0.2) is 0 Å². The minimum absolute atomic E-state index is 0.282. The van der Waals surface area contributed by atoms with Crippen molar-refractivity contribution in [2.45, 2.75) is 13.8 Å². The Morgan fingerprint density at radius 1 is 1.18 bits per heavy atom. The zero-order valence-electron chi connectivity index (χ0n) is 19.2. The first kappa shape index (κ1) is 22.7. The minimum Gasteiger partial charge on any atom is -0.399 e. The zero-order valence-corrected chi connectivity index (χ0v) is 19.2. The van der Waals surface area contributed by atoms with E-state index in [0.717, 1.165) is 49.6 Å². The number of aromatic amines is 2. The van der Waals surface area contributed by atoms with Crippen molar-refractivity contribution < 1.29 is 4.39 Å². The van der Waals surface area contributed by atoms with Crippen LogP contribution in [-0.4, -0.2) is 20.2 Å². The first-order chi connectivity index (χ1) is 16.4. The molecule has 0 amide bonds. The summed E-state index contributed by atoms with van der Waals surface area (Å²) in [6.07, 6.45) is 11.0. The molecule has 0 radical (unpaired) electrons. The largest absolute Gasteiger partial charge is 0.399 e. The van der Waals surface area contributed by atoms with Crippen LogP contribution in [0.5, 0.6) is 0 Å². The SMILES string of the molecule is C=C/C(N)=C\C(=C/C)C(=C)/C=c1/c(-c2cc3c(-c4cccc(F)c4)ccnc3[nH]2)n[nH]/c1=C/C. The Labute approximate surface area is 197 Å². The molecule has 0 spiro atoms. The molecule has 1 aromatic carbocycles. The highest BCUT2D eigenvalue weighted by Crippen LogP contribution is 2.30. The predicted octanol–water partition coefficient (Wildman–Crippen LogP) is 4.87. The summed E-state index contributed by atoms with van der Waals surface area (Å²) in [5.41, 5.74) is 12.1. The monoisotopic (exact) mass is 451 g/mol. The van der Waals surface area contributed by atoms with Crippen molar-refractivity contribution in [2.24, 2.45) is 5.73 Å². The number of nitrogens with zero attached hydrogens (tertiary/aromatic N) is 2. The van der Waals surface area contributed by atoms with Crippen LogP contribution in [0.2, 0.25) is 0 Å². The number of nitrogens with one attached hydrogen (secondary N) is 2. The first-order valence-electron chi connectivity index (χ1n) is 10.9. The van der Waals surface area contributed by atoms with E-state index < -0.39 is 0 Å². The number of rotatable bonds is 6. The fourth-order valence-corrected chi connectivity index (χ4v) is 3.86. The van der Waals surface area contributed by atoms with E-state index in [2.05, 4.69) is 33.3 Å². The summed E-state index contributed by atoms with van der Waals surface area (Å²) in [6, 6.07) is 10.4. The summed E-state index contributed by atoms with van der Waals surface area (Å²) >= 11 is 0. The van der Waals surface area contributed by atoms with Crippen molar-refractivity contribution in [1.29, 1.82) is 0 Å². The molecule has 3 heterocycles. The molecule has 4 rings (SSSR count). The fraction of sp³-hybridized carbons (Fsp3) is 0.0714. The van der Waals surface area contributed by atoms with Crippen LogP contribution in [0.3, 0.4) is 0 Å². The molecule has 0 fully saturated rings. The normalized spacial score (nSPS) is 13.6. The van der Waals surface area contributed by atoms with Crippen molar-refractivity contribution in [3.8, 4) is 22.5 Å². The number of benzene rings is 1. The Hall–Kier alpha value is -4.45. The molecule has 0 saturated carbocycles. The number of halogens is 1. The number of H-pyrrole nitrogens is 2. The molecule has 5 nitrogen and oxygen atoms in total. The van der Waals surface area contributed by atoms with E-state index in [1.807, 2.05) is 56.4 Å². The average molecular weight is 452 g/mol. The Balaban J connectivity index is 1.87. The van der Waals surface area contributed by atoms with Crippen molar-refractivity contribution in [3.63, 3.8) is 0 Å². The van der Waals surface area contributed by atoms with Gasteiger partial charge in [-0.1, -0.05) is 37.4 Å². The standard InChI is InChI=1S/C28H26FN5/c1-5-18(15-21(30)6-2)17(4)13-24-25(7-3)33-34-27(24)26-16-23-22(11-12-31-28(23)32-26)19-9-8-10-20(29)14-19/h5-16,33H,2,4,30H2,1,3H3,(H,31,32)/b18-5+,21-15+,24-13+,25-7+. The van der Waals surface area contributed by atoms with E-state index in [4.69, 9.17) is 5.73 Å². The van der Waals surface area contributed by atoms with Crippen LogP contribution in [0.25, 0.3) is 45.7 Å². The molecule has 0 aliphatic carbocycles. The minimum atomic E-state index is -0.282. The Morgan fingerprint density at radius 2 is 2.00 bits per heavy atom. The van der Waals surface area contributed by atoms with Gasteiger partial charge in [-0.3, -0.25) is 5.10 Å². The molecule has 0 atom stereocenters. The first-order valence-corrected chi connectivity index (χ1v) is 10.9. The van der Waals surface area contributed by atoms with E-state index >= 15 is 0 Å². The van der Waals surface area contributed by atoms with E-state index in [0.29, 0.717) is 11.3 Å². The smallest absolute Gasteiger partial charge is 0.138 e. The van der Waals surface area contributed by atoms with Crippen LogP contribution < -0.4 is 16.3 Å². The molecule has 6 heteroatoms. The van der Waals surface area contributed by atoms with Crippen molar-refractivity contribution in [3.05, 3.63) is 107 Å². The molecule has 4 N–H and O–H groups in total. The van der Waals surface area contributed by atoms with Crippen LogP contribution in [0, 0.1) is 5.82 Å². The summed E-state index contributed by atoms with van der Waals surface area (Å²) in [7, 11) is 0. The van der Waals surface area contributed by atoms with Crippen LogP contribution >= 0.6 is 0 Å². The van der Waals surface area contributed by atoms with Gasteiger partial charge in [0.05, 0.1) is 11.0 Å². The third-order valence-electron chi connectivity index (χ3n) is 5.60. The lowest BCUT2D eigenvalue weighted by Gasteiger charge is -2.03. The number of hydrogen-bond acceptors (Lipinski definition) is 3. The van der Waals surface area contributed by atoms with Crippen molar-refractivity contribution in [1.82, 2.24) is 20.2 Å². The van der Waals surface area contributed by atoms with Gasteiger partial charge in [-0.2, -0.15) is 5.10 Å². The maximum atomic E-state index is 13.9. The number of fused-ring (bicyclic) bond motifs is 1. The fourth-order valence-electron chi connectivity index (χ4n) is 3.86. The lowest BCUT2D eigenvalue weighted by molar-refractivity contribution is 0.628. The van der Waals surface area contributed by atoms with Gasteiger partial charge in [-0.15, -0.1) is 0 Å². The van der Waals surface area contributed by atoms with Gasteiger partial charge in [0.25, 0.3) is 0 Å². The van der Waals surface area contributed by atoms with Gasteiger partial charge in [-0.05, 0) is 78.6 Å². The van der Waals surface area contributed by atoms with Gasteiger partial charge in [0.2, 0.25) is 0 Å². The molecule has 0 aliphatic rings. The lowest BCUT2D eigenvalue weighted by Crippen LogP contribution is -2.23. The lowest BCUT2D eigenvalue weighted by atomic mass is 10.0. The molecule has 0 saturated heterocycles. The molecule has 4 aromatic rings.